The van der Waals surface area contributed by atoms with Crippen molar-refractivity contribution in [3.63, 3.8) is 0 Å². The van der Waals surface area contributed by atoms with E-state index in [-0.39, 0.29) is 0 Å². The molecule has 2 unspecified atom stereocenters. The van der Waals surface area contributed by atoms with Crippen LogP contribution in [0.2, 0.25) is 10.0 Å². The summed E-state index contributed by atoms with van der Waals surface area (Å²) in [7, 11) is 0. The van der Waals surface area contributed by atoms with Crippen molar-refractivity contribution in [1.82, 2.24) is 0 Å². The van der Waals surface area contributed by atoms with Crippen molar-refractivity contribution in [2.45, 2.75) is 12.6 Å². The Morgan fingerprint density at radius 3 is 1.62 bits per heavy atom. The van der Waals surface area contributed by atoms with Gasteiger partial charge in [-0.15, -0.1) is 0 Å². The predicted octanol–water partition coefficient (Wildman–Crippen LogP) is 5.70. The minimum Gasteiger partial charge on any atom is -0.459 e. The monoisotopic (exact) mass is 546 g/mol. The molecule has 0 N–H and O–H groups in total. The summed E-state index contributed by atoms with van der Waals surface area (Å²) in [4.78, 5) is 0. The number of benzene rings is 2. The molecular formula is C14H6Cl2I2O3. The second-order valence-corrected chi connectivity index (χ2v) is 7.84. The molecule has 0 saturated carbocycles. The average molecular weight is 547 g/mol. The van der Waals surface area contributed by atoms with Crippen LogP contribution in [-0.4, -0.2) is 0 Å². The fourth-order valence-corrected chi connectivity index (χ4v) is 4.78. The van der Waals surface area contributed by atoms with Gasteiger partial charge in [0, 0.05) is 10.0 Å². The molecule has 2 aliphatic heterocycles. The molecule has 0 amide bonds. The highest BCUT2D eigenvalue weighted by Crippen LogP contribution is 2.51. The van der Waals surface area contributed by atoms with Gasteiger partial charge in [0.05, 0.1) is 18.3 Å². The molecule has 0 radical (unpaired) electrons. The van der Waals surface area contributed by atoms with Crippen molar-refractivity contribution in [3.8, 4) is 11.5 Å². The Labute approximate surface area is 158 Å². The highest BCUT2D eigenvalue weighted by molar-refractivity contribution is 14.1. The lowest BCUT2D eigenvalue weighted by Gasteiger charge is -2.38. The number of fused-ring (bicyclic) bond motifs is 6. The van der Waals surface area contributed by atoms with E-state index in [4.69, 9.17) is 37.4 Å². The van der Waals surface area contributed by atoms with Gasteiger partial charge in [-0.05, 0) is 69.4 Å². The highest BCUT2D eigenvalue weighted by Gasteiger charge is 2.40. The number of hydrogen-bond acceptors (Lipinski definition) is 3. The maximum atomic E-state index is 6.12. The Hall–Kier alpha value is 0.0400. The zero-order chi connectivity index (χ0) is 14.7. The van der Waals surface area contributed by atoms with Gasteiger partial charge in [0.1, 0.15) is 11.5 Å². The van der Waals surface area contributed by atoms with E-state index in [1.54, 1.807) is 0 Å². The Bertz CT molecular complexity index is 703. The first-order valence-electron chi connectivity index (χ1n) is 5.99. The normalized spacial score (nSPS) is 21.9. The minimum atomic E-state index is -0.520. The van der Waals surface area contributed by atoms with Crippen LogP contribution in [0.25, 0.3) is 0 Å². The molecule has 2 atom stereocenters. The summed E-state index contributed by atoms with van der Waals surface area (Å²) in [6, 6.07) is 7.33. The molecule has 108 valence electrons. The quantitative estimate of drug-likeness (QED) is 0.397. The predicted molar refractivity (Wildman–Crippen MR) is 96.2 cm³/mol. The van der Waals surface area contributed by atoms with E-state index in [1.807, 2.05) is 24.3 Å². The molecule has 2 aliphatic rings. The summed E-state index contributed by atoms with van der Waals surface area (Å²) in [6.45, 7) is 0. The summed E-state index contributed by atoms with van der Waals surface area (Å²) in [6.07, 6.45) is -1.04. The van der Waals surface area contributed by atoms with E-state index in [1.165, 1.54) is 0 Å². The van der Waals surface area contributed by atoms with Gasteiger partial charge in [0.15, 0.2) is 0 Å². The van der Waals surface area contributed by atoms with Crippen molar-refractivity contribution in [2.24, 2.45) is 0 Å². The van der Waals surface area contributed by atoms with Gasteiger partial charge in [-0.25, -0.2) is 0 Å². The van der Waals surface area contributed by atoms with Crippen LogP contribution >= 0.6 is 68.4 Å². The number of rotatable bonds is 0. The van der Waals surface area contributed by atoms with E-state index >= 15 is 0 Å². The van der Waals surface area contributed by atoms with E-state index in [0.717, 1.165) is 29.8 Å². The first kappa shape index (κ1) is 14.6. The third-order valence-electron chi connectivity index (χ3n) is 3.28. The Morgan fingerprint density at radius 2 is 1.19 bits per heavy atom. The van der Waals surface area contributed by atoms with Gasteiger partial charge in [0.2, 0.25) is 12.6 Å². The molecule has 2 aromatic carbocycles. The van der Waals surface area contributed by atoms with Crippen molar-refractivity contribution < 1.29 is 14.2 Å². The van der Waals surface area contributed by atoms with Crippen molar-refractivity contribution in [1.29, 1.82) is 0 Å². The molecule has 0 fully saturated rings. The fraction of sp³-hybridized carbons (Fsp3) is 0.143. The molecule has 0 spiro atoms. The summed E-state index contributed by atoms with van der Waals surface area (Å²) in [5.41, 5.74) is 1.61. The Balaban J connectivity index is 1.89. The third-order valence-corrected chi connectivity index (χ3v) is 5.32. The lowest BCUT2D eigenvalue weighted by molar-refractivity contribution is -0.228. The van der Waals surface area contributed by atoms with Crippen LogP contribution in [0.1, 0.15) is 23.7 Å². The first-order valence-corrected chi connectivity index (χ1v) is 8.91. The lowest BCUT2D eigenvalue weighted by atomic mass is 10.1. The number of halogens is 4. The zero-order valence-corrected chi connectivity index (χ0v) is 16.0. The van der Waals surface area contributed by atoms with Crippen LogP contribution < -0.4 is 9.47 Å². The van der Waals surface area contributed by atoms with Crippen LogP contribution in [-0.2, 0) is 4.74 Å². The van der Waals surface area contributed by atoms with Crippen LogP contribution in [0, 0.1) is 7.14 Å². The van der Waals surface area contributed by atoms with E-state index < -0.39 is 12.6 Å². The lowest BCUT2D eigenvalue weighted by Crippen LogP contribution is -2.31. The van der Waals surface area contributed by atoms with Gasteiger partial charge < -0.3 is 9.47 Å². The smallest absolute Gasteiger partial charge is 0.234 e. The van der Waals surface area contributed by atoms with Crippen molar-refractivity contribution in [2.75, 3.05) is 0 Å². The molecule has 0 aromatic heterocycles. The highest BCUT2D eigenvalue weighted by atomic mass is 127. The second kappa shape index (κ2) is 5.30. The van der Waals surface area contributed by atoms with E-state index in [2.05, 4.69) is 45.2 Å². The van der Waals surface area contributed by atoms with Crippen LogP contribution in [0.15, 0.2) is 24.3 Å². The molecular weight excluding hydrogens is 541 g/mol. The molecule has 2 bridgehead atoms. The Kier molecular flexibility index (Phi) is 3.69. The van der Waals surface area contributed by atoms with Gasteiger partial charge in [-0.2, -0.15) is 0 Å². The van der Waals surface area contributed by atoms with Crippen LogP contribution in [0.3, 0.4) is 0 Å². The van der Waals surface area contributed by atoms with Gasteiger partial charge in [-0.1, -0.05) is 23.2 Å². The first-order chi connectivity index (χ1) is 10.0. The molecule has 4 rings (SSSR count). The van der Waals surface area contributed by atoms with E-state index in [9.17, 15) is 0 Å². The summed E-state index contributed by atoms with van der Waals surface area (Å²) < 4.78 is 19.7. The second-order valence-electron chi connectivity index (χ2n) is 4.65. The van der Waals surface area contributed by atoms with Crippen LogP contribution in [0.4, 0.5) is 0 Å². The maximum Gasteiger partial charge on any atom is 0.234 e. The molecule has 2 aromatic rings. The standard InChI is InChI=1S/C14H6Cl2I2O3/c15-5-1-7-11(9(17)3-5)19-14-8-2-6(16)4-10(18)12(8)20-13(7)21-14/h1-4,13-14H. The van der Waals surface area contributed by atoms with E-state index in [0.29, 0.717) is 10.0 Å². The van der Waals surface area contributed by atoms with Gasteiger partial charge >= 0.3 is 0 Å². The summed E-state index contributed by atoms with van der Waals surface area (Å²) in [5.74, 6) is 1.50. The molecule has 0 aliphatic carbocycles. The van der Waals surface area contributed by atoms with Crippen molar-refractivity contribution in [3.05, 3.63) is 52.6 Å². The molecule has 21 heavy (non-hydrogen) atoms. The summed E-state index contributed by atoms with van der Waals surface area (Å²) in [5, 5.41) is 1.26. The molecule has 2 heterocycles. The number of ether oxygens (including phenoxy) is 3. The molecule has 3 nitrogen and oxygen atoms in total. The zero-order valence-electron chi connectivity index (χ0n) is 10.2. The molecule has 7 heteroatoms. The topological polar surface area (TPSA) is 27.7 Å². The average Bonchev–Trinajstić information content (AvgIpc) is 2.41. The molecule has 0 saturated heterocycles. The third kappa shape index (κ3) is 2.41. The van der Waals surface area contributed by atoms with Crippen LogP contribution in [0.5, 0.6) is 11.5 Å². The van der Waals surface area contributed by atoms with Crippen molar-refractivity contribution >= 4 is 68.4 Å². The largest absolute Gasteiger partial charge is 0.459 e. The minimum absolute atomic E-state index is 0.520. The Morgan fingerprint density at radius 1 is 0.762 bits per heavy atom. The van der Waals surface area contributed by atoms with Gasteiger partial charge in [0.25, 0.3) is 0 Å². The van der Waals surface area contributed by atoms with Gasteiger partial charge in [-0.3, -0.25) is 4.74 Å². The SMILES string of the molecule is Clc1cc(I)c2c(c1)C1Oc3c(I)cc(Cl)cc3C(O2)O1. The maximum absolute atomic E-state index is 6.12. The fourth-order valence-electron chi connectivity index (χ4n) is 2.41. The summed E-state index contributed by atoms with van der Waals surface area (Å²) >= 11 is 16.6. The number of hydrogen-bond donors (Lipinski definition) is 0.